The zero-order chi connectivity index (χ0) is 26.1. The van der Waals surface area contributed by atoms with Gasteiger partial charge >= 0.3 is 31.8 Å². The lowest BCUT2D eigenvalue weighted by molar-refractivity contribution is 0.0486. The fraction of sp³-hybridized carbons (Fsp3) is 1.00. The minimum atomic E-state index is -3.85. The molecule has 0 N–H and O–H groups in total. The Hall–Kier alpha value is 0.468. The van der Waals surface area contributed by atoms with Crippen molar-refractivity contribution in [3.63, 3.8) is 0 Å². The van der Waals surface area contributed by atoms with Crippen LogP contribution in [0.1, 0.15) is 69.2 Å². The molecule has 0 aliphatic rings. The van der Waals surface area contributed by atoms with E-state index in [1.807, 2.05) is 69.2 Å². The van der Waals surface area contributed by atoms with E-state index in [1.165, 1.54) is 0 Å². The highest BCUT2D eigenvalue weighted by Gasteiger charge is 2.92. The average Bonchev–Trinajstić information content (AvgIpc) is 2.79. The van der Waals surface area contributed by atoms with Crippen LogP contribution >= 0.6 is 0 Å². The van der Waals surface area contributed by atoms with E-state index in [2.05, 4.69) is 0 Å². The van der Waals surface area contributed by atoms with Crippen LogP contribution < -0.4 is 0 Å². The maximum atomic E-state index is 6.72. The summed E-state index contributed by atoms with van der Waals surface area (Å²) < 4.78 is 65.5. The smallest absolute Gasteiger partial charge is 0.391 e. The van der Waals surface area contributed by atoms with Gasteiger partial charge < -0.3 is 44.3 Å². The summed E-state index contributed by atoms with van der Waals surface area (Å²) in [5.74, 6) is 0. The van der Waals surface area contributed by atoms with E-state index in [0.717, 1.165) is 0 Å². The molecule has 0 saturated heterocycles. The van der Waals surface area contributed by atoms with Crippen molar-refractivity contribution in [3.05, 3.63) is 0 Å². The summed E-state index contributed by atoms with van der Waals surface area (Å²) in [4.78, 5) is 0. The lowest BCUT2D eigenvalue weighted by Gasteiger charge is -2.52. The maximum absolute atomic E-state index is 6.72. The molecule has 0 aliphatic heterocycles. The van der Waals surface area contributed by atoms with Crippen LogP contribution in [-0.2, 0) is 44.3 Å². The second kappa shape index (κ2) is 17.8. The molecule has 0 aromatic rings. The van der Waals surface area contributed by atoms with E-state index >= 15 is 0 Å². The summed E-state index contributed by atoms with van der Waals surface area (Å²) in [7, 11) is -15.2. The van der Waals surface area contributed by atoms with E-state index in [1.54, 1.807) is 0 Å². The summed E-state index contributed by atoms with van der Waals surface area (Å²) >= 11 is 0. The normalized spacial score (nSPS) is 13.6. The third-order valence-electron chi connectivity index (χ3n) is 4.64. The maximum Gasteiger partial charge on any atom is 0.541 e. The largest absolute Gasteiger partial charge is 0.541 e. The molecule has 0 radical (unpaired) electrons. The predicted molar refractivity (Wildman–Crippen MR) is 139 cm³/mol. The highest BCUT2D eigenvalue weighted by molar-refractivity contribution is 7.73. The molecule has 0 aliphatic carbocycles. The van der Waals surface area contributed by atoms with E-state index in [0.29, 0.717) is 66.1 Å². The minimum Gasteiger partial charge on any atom is -0.391 e. The number of hydrogen-bond acceptors (Lipinski definition) is 10. The molecule has 0 fully saturated rings. The van der Waals surface area contributed by atoms with Gasteiger partial charge in [-0.15, -0.1) is 0 Å². The van der Waals surface area contributed by atoms with Gasteiger partial charge in [0.15, 0.2) is 0 Å². The molecular formula is C20H50O10Si4. The lowest BCUT2D eigenvalue weighted by Crippen LogP contribution is -2.94. The first kappa shape index (κ1) is 34.5. The second-order valence-corrected chi connectivity index (χ2v) is 28.8. The zero-order valence-corrected chi connectivity index (χ0v) is 27.2. The lowest BCUT2D eigenvalue weighted by atomic mass is 10.9. The van der Waals surface area contributed by atoms with Gasteiger partial charge in [-0.1, -0.05) is 0 Å². The first-order chi connectivity index (χ1) is 16.4. The minimum absolute atomic E-state index is 0.317. The molecule has 0 amide bonds. The first-order valence-corrected chi connectivity index (χ1v) is 22.8. The van der Waals surface area contributed by atoms with Gasteiger partial charge in [0, 0.05) is 66.1 Å². The molecule has 206 valence electrons. The van der Waals surface area contributed by atoms with E-state index < -0.39 is 31.8 Å². The third kappa shape index (κ3) is 7.06. The van der Waals surface area contributed by atoms with Gasteiger partial charge in [-0.3, -0.25) is 0 Å². The molecule has 0 spiro atoms. The molecule has 10 nitrogen and oxygen atoms in total. The van der Waals surface area contributed by atoms with Crippen LogP contribution in [0.3, 0.4) is 0 Å². The fourth-order valence-corrected chi connectivity index (χ4v) is 50.3. The standard InChI is InChI=1S/C20H50O10Si4/c1-11-21-31(22-12-2,23-13-3)33(27-17-7,28-18-8)34(29-19-9,30-20-10)32(24-14-4,25-15-5)26-16-6/h11-20H2,1-10H3. The van der Waals surface area contributed by atoms with E-state index in [4.69, 9.17) is 44.3 Å². The third-order valence-corrected chi connectivity index (χ3v) is 41.1. The SMILES string of the molecule is CCO[Si](OCC)(OCC)[Si](OCC)(OCC)[Si](OCC)(OCC)[Si](OCC)(OCC)OCC. The topological polar surface area (TPSA) is 92.3 Å². The van der Waals surface area contributed by atoms with Crippen LogP contribution in [0.15, 0.2) is 0 Å². The van der Waals surface area contributed by atoms with Crippen LogP contribution in [0.25, 0.3) is 0 Å². The second-order valence-electron chi connectivity index (χ2n) is 6.68. The van der Waals surface area contributed by atoms with Crippen LogP contribution in [0.4, 0.5) is 0 Å². The van der Waals surface area contributed by atoms with Crippen molar-refractivity contribution in [1.29, 1.82) is 0 Å². The molecule has 0 rings (SSSR count). The Kier molecular flexibility index (Phi) is 18.1. The Morgan fingerprint density at radius 1 is 0.265 bits per heavy atom. The molecule has 0 aromatic carbocycles. The van der Waals surface area contributed by atoms with Gasteiger partial charge in [0.2, 0.25) is 0 Å². The first-order valence-electron chi connectivity index (χ1n) is 12.7. The quantitative estimate of drug-likeness (QED) is 0.173. The number of rotatable bonds is 23. The van der Waals surface area contributed by atoms with Gasteiger partial charge in [-0.2, -0.15) is 0 Å². The molecular weight excluding hydrogens is 513 g/mol. The Labute approximate surface area is 211 Å². The summed E-state index contributed by atoms with van der Waals surface area (Å²) in [5, 5.41) is 0. The summed E-state index contributed by atoms with van der Waals surface area (Å²) in [6.07, 6.45) is 0. The highest BCUT2D eigenvalue weighted by Crippen LogP contribution is 2.42. The molecule has 14 heteroatoms. The highest BCUT2D eigenvalue weighted by atomic mass is 29.9. The molecule has 0 heterocycles. The van der Waals surface area contributed by atoms with Crippen molar-refractivity contribution in [1.82, 2.24) is 0 Å². The van der Waals surface area contributed by atoms with Gasteiger partial charge in [0.1, 0.15) is 0 Å². The van der Waals surface area contributed by atoms with Gasteiger partial charge in [0.05, 0.1) is 0 Å². The molecule has 0 bridgehead atoms. The predicted octanol–water partition coefficient (Wildman–Crippen LogP) is 3.35. The fourth-order valence-electron chi connectivity index (χ4n) is 3.99. The summed E-state index contributed by atoms with van der Waals surface area (Å²) in [6, 6.07) is 0. The summed E-state index contributed by atoms with van der Waals surface area (Å²) in [6.45, 7) is 22.4. The number of hydrogen-bond donors (Lipinski definition) is 0. The zero-order valence-electron chi connectivity index (χ0n) is 23.2. The van der Waals surface area contributed by atoms with Gasteiger partial charge in [-0.25, -0.2) is 0 Å². The van der Waals surface area contributed by atoms with Crippen molar-refractivity contribution in [2.75, 3.05) is 66.1 Å². The van der Waals surface area contributed by atoms with Crippen LogP contribution in [-0.4, -0.2) is 97.9 Å². The van der Waals surface area contributed by atoms with Crippen molar-refractivity contribution < 1.29 is 44.3 Å². The Balaban J connectivity index is 7.86. The molecule has 0 unspecified atom stereocenters. The van der Waals surface area contributed by atoms with Crippen LogP contribution in [0.5, 0.6) is 0 Å². The van der Waals surface area contributed by atoms with Crippen LogP contribution in [0, 0.1) is 0 Å². The Bertz CT molecular complexity index is 428. The van der Waals surface area contributed by atoms with Crippen molar-refractivity contribution in [3.8, 4) is 0 Å². The van der Waals surface area contributed by atoms with E-state index in [9.17, 15) is 0 Å². The van der Waals surface area contributed by atoms with E-state index in [-0.39, 0.29) is 0 Å². The Morgan fingerprint density at radius 2 is 0.412 bits per heavy atom. The molecule has 34 heavy (non-hydrogen) atoms. The molecule has 0 saturated carbocycles. The monoisotopic (exact) mass is 562 g/mol. The average molecular weight is 563 g/mol. The van der Waals surface area contributed by atoms with Crippen LogP contribution in [0.2, 0.25) is 0 Å². The van der Waals surface area contributed by atoms with Gasteiger partial charge in [-0.05, 0) is 69.2 Å². The van der Waals surface area contributed by atoms with Gasteiger partial charge in [0.25, 0.3) is 0 Å². The summed E-state index contributed by atoms with van der Waals surface area (Å²) in [5.41, 5.74) is 0. The van der Waals surface area contributed by atoms with Crippen molar-refractivity contribution in [2.24, 2.45) is 0 Å². The molecule has 0 aromatic heterocycles. The van der Waals surface area contributed by atoms with Crippen molar-refractivity contribution >= 4 is 31.8 Å². The Morgan fingerprint density at radius 3 is 0.529 bits per heavy atom. The molecule has 0 atom stereocenters. The van der Waals surface area contributed by atoms with Crippen molar-refractivity contribution in [2.45, 2.75) is 69.2 Å².